The molecule has 1 aromatic rings. The van der Waals surface area contributed by atoms with E-state index in [1.807, 2.05) is 6.07 Å². The lowest BCUT2D eigenvalue weighted by atomic mass is 10.1. The van der Waals surface area contributed by atoms with Crippen molar-refractivity contribution < 1.29 is 10.2 Å². The van der Waals surface area contributed by atoms with E-state index in [1.54, 1.807) is 0 Å². The molecule has 3 rings (SSSR count). The first-order valence-corrected chi connectivity index (χ1v) is 7.62. The Morgan fingerprint density at radius 3 is 2.29 bits per heavy atom. The summed E-state index contributed by atoms with van der Waals surface area (Å²) in [6.07, 6.45) is 2.79. The molecule has 2 aliphatic heterocycles. The third-order valence-electron chi connectivity index (χ3n) is 4.23. The van der Waals surface area contributed by atoms with Gasteiger partial charge in [-0.25, -0.2) is 0 Å². The number of anilines is 3. The van der Waals surface area contributed by atoms with Crippen LogP contribution in [0.5, 0.6) is 0 Å². The van der Waals surface area contributed by atoms with Crippen LogP contribution in [0.2, 0.25) is 0 Å². The van der Waals surface area contributed by atoms with Crippen molar-refractivity contribution in [3.8, 4) is 0 Å². The lowest BCUT2D eigenvalue weighted by Crippen LogP contribution is -2.39. The Morgan fingerprint density at radius 1 is 0.952 bits per heavy atom. The SMILES string of the molecule is Nc1nc(N2CCC(O)CC2)cc(N2CCCC(O)C2)n1. The largest absolute Gasteiger partial charge is 0.393 e. The molecule has 7 heteroatoms. The summed E-state index contributed by atoms with van der Waals surface area (Å²) in [6, 6.07) is 1.94. The maximum atomic E-state index is 9.80. The number of β-amino-alcohol motifs (C(OH)–C–C–N with tert-alkyl or cyclic N) is 1. The summed E-state index contributed by atoms with van der Waals surface area (Å²) in [5.41, 5.74) is 5.85. The van der Waals surface area contributed by atoms with E-state index < -0.39 is 0 Å². The molecule has 21 heavy (non-hydrogen) atoms. The first kappa shape index (κ1) is 14.3. The summed E-state index contributed by atoms with van der Waals surface area (Å²) in [6.45, 7) is 3.03. The summed E-state index contributed by atoms with van der Waals surface area (Å²) in [7, 11) is 0. The third-order valence-corrected chi connectivity index (χ3v) is 4.23. The molecule has 0 saturated carbocycles. The summed E-state index contributed by atoms with van der Waals surface area (Å²) in [5, 5.41) is 19.4. The standard InChI is InChI=1S/C14H23N5O2/c15-14-16-12(18-6-3-10(20)4-7-18)8-13(17-14)19-5-1-2-11(21)9-19/h8,10-11,20-21H,1-7,9H2,(H2,15,16,17). The van der Waals surface area contributed by atoms with Crippen LogP contribution in [0.15, 0.2) is 6.07 Å². The van der Waals surface area contributed by atoms with Crippen molar-refractivity contribution >= 4 is 17.6 Å². The van der Waals surface area contributed by atoms with E-state index in [0.717, 1.165) is 57.0 Å². The van der Waals surface area contributed by atoms with Crippen LogP contribution >= 0.6 is 0 Å². The Labute approximate surface area is 124 Å². The van der Waals surface area contributed by atoms with Crippen LogP contribution in [0.4, 0.5) is 17.6 Å². The highest BCUT2D eigenvalue weighted by Crippen LogP contribution is 2.25. The predicted octanol–water partition coefficient (Wildman–Crippen LogP) is -0.0190. The Kier molecular flexibility index (Phi) is 4.12. The number of hydrogen-bond donors (Lipinski definition) is 3. The van der Waals surface area contributed by atoms with Crippen molar-refractivity contribution in [2.75, 3.05) is 41.7 Å². The van der Waals surface area contributed by atoms with Gasteiger partial charge in [0, 0.05) is 32.2 Å². The highest BCUT2D eigenvalue weighted by molar-refractivity contribution is 5.54. The van der Waals surface area contributed by atoms with Crippen LogP contribution in [0.1, 0.15) is 25.7 Å². The van der Waals surface area contributed by atoms with Gasteiger partial charge in [-0.2, -0.15) is 9.97 Å². The van der Waals surface area contributed by atoms with Crippen LogP contribution in [0, 0.1) is 0 Å². The second-order valence-corrected chi connectivity index (χ2v) is 5.90. The zero-order valence-corrected chi connectivity index (χ0v) is 12.1. The summed E-state index contributed by atoms with van der Waals surface area (Å²) >= 11 is 0. The third kappa shape index (κ3) is 3.36. The molecular formula is C14H23N5O2. The number of nitrogens with two attached hydrogens (primary N) is 1. The van der Waals surface area contributed by atoms with Crippen LogP contribution in [0.3, 0.4) is 0 Å². The quantitative estimate of drug-likeness (QED) is 0.705. The molecule has 1 aromatic heterocycles. The fourth-order valence-corrected chi connectivity index (χ4v) is 3.02. The molecule has 1 unspecified atom stereocenters. The van der Waals surface area contributed by atoms with Crippen molar-refractivity contribution in [2.45, 2.75) is 37.9 Å². The molecule has 0 aromatic carbocycles. The number of aliphatic hydroxyl groups is 2. The fourth-order valence-electron chi connectivity index (χ4n) is 3.02. The molecule has 1 atom stereocenters. The molecule has 0 spiro atoms. The number of aromatic nitrogens is 2. The van der Waals surface area contributed by atoms with E-state index in [9.17, 15) is 10.2 Å². The van der Waals surface area contributed by atoms with Crippen molar-refractivity contribution in [1.82, 2.24) is 9.97 Å². The number of nitrogens with zero attached hydrogens (tertiary/aromatic N) is 4. The molecular weight excluding hydrogens is 270 g/mol. The molecule has 3 heterocycles. The second-order valence-electron chi connectivity index (χ2n) is 5.90. The molecule has 116 valence electrons. The predicted molar refractivity (Wildman–Crippen MR) is 81.4 cm³/mol. The number of piperidine rings is 2. The average Bonchev–Trinajstić information content (AvgIpc) is 2.47. The van der Waals surface area contributed by atoms with Gasteiger partial charge in [-0.05, 0) is 25.7 Å². The van der Waals surface area contributed by atoms with Crippen LogP contribution < -0.4 is 15.5 Å². The number of hydrogen-bond acceptors (Lipinski definition) is 7. The molecule has 4 N–H and O–H groups in total. The minimum Gasteiger partial charge on any atom is -0.393 e. The summed E-state index contributed by atoms with van der Waals surface area (Å²) < 4.78 is 0. The summed E-state index contributed by atoms with van der Waals surface area (Å²) in [5.74, 6) is 1.85. The van der Waals surface area contributed by atoms with E-state index in [0.29, 0.717) is 6.54 Å². The van der Waals surface area contributed by atoms with Gasteiger partial charge in [0.25, 0.3) is 0 Å². The van der Waals surface area contributed by atoms with Crippen molar-refractivity contribution in [1.29, 1.82) is 0 Å². The highest BCUT2D eigenvalue weighted by Gasteiger charge is 2.22. The number of nitrogen functional groups attached to an aromatic ring is 1. The van der Waals surface area contributed by atoms with E-state index >= 15 is 0 Å². The maximum absolute atomic E-state index is 9.80. The minimum atomic E-state index is -0.302. The first-order valence-electron chi connectivity index (χ1n) is 7.62. The average molecular weight is 293 g/mol. The maximum Gasteiger partial charge on any atom is 0.223 e. The molecule has 0 radical (unpaired) electrons. The second kappa shape index (κ2) is 6.03. The van der Waals surface area contributed by atoms with Gasteiger partial charge >= 0.3 is 0 Å². The first-order chi connectivity index (χ1) is 10.1. The van der Waals surface area contributed by atoms with Gasteiger partial charge in [0.1, 0.15) is 11.6 Å². The Hall–Kier alpha value is -1.60. The molecule has 7 nitrogen and oxygen atoms in total. The van der Waals surface area contributed by atoms with Gasteiger partial charge in [-0.15, -0.1) is 0 Å². The molecule has 0 amide bonds. The van der Waals surface area contributed by atoms with Gasteiger partial charge < -0.3 is 25.7 Å². The van der Waals surface area contributed by atoms with Gasteiger partial charge in [0.15, 0.2) is 0 Å². The van der Waals surface area contributed by atoms with Crippen LogP contribution in [0.25, 0.3) is 0 Å². The molecule has 2 aliphatic rings. The molecule has 2 saturated heterocycles. The zero-order valence-electron chi connectivity index (χ0n) is 12.1. The summed E-state index contributed by atoms with van der Waals surface area (Å²) in [4.78, 5) is 12.8. The Balaban J connectivity index is 1.79. The van der Waals surface area contributed by atoms with Crippen LogP contribution in [-0.2, 0) is 0 Å². The Morgan fingerprint density at radius 2 is 1.62 bits per heavy atom. The smallest absolute Gasteiger partial charge is 0.223 e. The van der Waals surface area contributed by atoms with Crippen LogP contribution in [-0.4, -0.2) is 58.6 Å². The van der Waals surface area contributed by atoms with E-state index in [2.05, 4.69) is 19.8 Å². The van der Waals surface area contributed by atoms with Crippen molar-refractivity contribution in [3.05, 3.63) is 6.07 Å². The van der Waals surface area contributed by atoms with E-state index in [4.69, 9.17) is 5.73 Å². The lowest BCUT2D eigenvalue weighted by Gasteiger charge is -2.33. The fraction of sp³-hybridized carbons (Fsp3) is 0.714. The van der Waals surface area contributed by atoms with Gasteiger partial charge in [-0.1, -0.05) is 0 Å². The lowest BCUT2D eigenvalue weighted by molar-refractivity contribution is 0.145. The van der Waals surface area contributed by atoms with Gasteiger partial charge in [0.05, 0.1) is 12.2 Å². The number of rotatable bonds is 2. The minimum absolute atomic E-state index is 0.211. The van der Waals surface area contributed by atoms with Crippen molar-refractivity contribution in [3.63, 3.8) is 0 Å². The molecule has 2 fully saturated rings. The zero-order chi connectivity index (χ0) is 14.8. The van der Waals surface area contributed by atoms with Gasteiger partial charge in [0.2, 0.25) is 5.95 Å². The van der Waals surface area contributed by atoms with E-state index in [1.165, 1.54) is 0 Å². The van der Waals surface area contributed by atoms with Crippen molar-refractivity contribution in [2.24, 2.45) is 0 Å². The highest BCUT2D eigenvalue weighted by atomic mass is 16.3. The molecule has 0 aliphatic carbocycles. The monoisotopic (exact) mass is 293 g/mol. The van der Waals surface area contributed by atoms with E-state index in [-0.39, 0.29) is 18.2 Å². The normalized spacial score (nSPS) is 24.4. The Bertz CT molecular complexity index is 490. The molecule has 0 bridgehead atoms. The van der Waals surface area contributed by atoms with Gasteiger partial charge in [-0.3, -0.25) is 0 Å². The topological polar surface area (TPSA) is 98.7 Å². The number of aliphatic hydroxyl groups excluding tert-OH is 2.